The fourth-order valence-electron chi connectivity index (χ4n) is 4.08. The van der Waals surface area contributed by atoms with Crippen LogP contribution in [0.1, 0.15) is 35.9 Å². The van der Waals surface area contributed by atoms with E-state index in [0.717, 1.165) is 17.1 Å². The maximum absolute atomic E-state index is 13.3. The van der Waals surface area contributed by atoms with Crippen molar-refractivity contribution in [3.05, 3.63) is 42.0 Å². The van der Waals surface area contributed by atoms with E-state index in [0.29, 0.717) is 30.4 Å². The molecule has 3 heterocycles. The zero-order chi connectivity index (χ0) is 21.5. The van der Waals surface area contributed by atoms with Crippen molar-refractivity contribution in [2.75, 3.05) is 26.7 Å². The Kier molecular flexibility index (Phi) is 5.37. The number of amides is 2. The second kappa shape index (κ2) is 7.84. The average molecular weight is 432 g/mol. The molecule has 9 nitrogen and oxygen atoms in total. The van der Waals surface area contributed by atoms with Crippen LogP contribution in [0.25, 0.3) is 5.69 Å². The number of likely N-dealkylation sites (N-methyl/N-ethyl adjacent to an activating group) is 1. The first-order valence-electron chi connectivity index (χ1n) is 9.98. The highest BCUT2D eigenvalue weighted by molar-refractivity contribution is 7.89. The van der Waals surface area contributed by atoms with Crippen molar-refractivity contribution in [3.63, 3.8) is 0 Å². The summed E-state index contributed by atoms with van der Waals surface area (Å²) in [5, 5.41) is 2.46. The Hall–Kier alpha value is -2.72. The van der Waals surface area contributed by atoms with Gasteiger partial charge in [0.15, 0.2) is 5.69 Å². The van der Waals surface area contributed by atoms with Crippen LogP contribution < -0.4 is 5.32 Å². The van der Waals surface area contributed by atoms with Crippen molar-refractivity contribution in [1.82, 2.24) is 24.1 Å². The van der Waals surface area contributed by atoms with Crippen molar-refractivity contribution in [3.8, 4) is 5.69 Å². The Labute approximate surface area is 175 Å². The summed E-state index contributed by atoms with van der Waals surface area (Å²) in [5.41, 5.74) is 1.12. The van der Waals surface area contributed by atoms with E-state index in [9.17, 15) is 18.0 Å². The van der Waals surface area contributed by atoms with Gasteiger partial charge in [-0.2, -0.15) is 4.31 Å². The van der Waals surface area contributed by atoms with E-state index in [4.69, 9.17) is 0 Å². The van der Waals surface area contributed by atoms with Crippen molar-refractivity contribution in [1.29, 1.82) is 0 Å². The summed E-state index contributed by atoms with van der Waals surface area (Å²) in [6.45, 7) is 2.97. The number of nitrogens with one attached hydrogen (secondary N) is 1. The number of fused-ring (bicyclic) bond motifs is 3. The zero-order valence-electron chi connectivity index (χ0n) is 17.0. The minimum Gasteiger partial charge on any atom is -0.358 e. The van der Waals surface area contributed by atoms with Crippen molar-refractivity contribution >= 4 is 21.8 Å². The maximum Gasteiger partial charge on any atom is 0.274 e. The first kappa shape index (κ1) is 20.5. The molecule has 1 atom stereocenters. The largest absolute Gasteiger partial charge is 0.358 e. The first-order valence-corrected chi connectivity index (χ1v) is 11.4. The number of likely N-dealkylation sites (tertiary alicyclic amines) is 1. The molecule has 0 radical (unpaired) electrons. The van der Waals surface area contributed by atoms with E-state index in [1.165, 1.54) is 19.4 Å². The zero-order valence-corrected chi connectivity index (χ0v) is 17.9. The lowest BCUT2D eigenvalue weighted by Crippen LogP contribution is -2.41. The van der Waals surface area contributed by atoms with Crippen LogP contribution in [0.5, 0.6) is 0 Å². The molecular formula is C20H25N5O4S. The van der Waals surface area contributed by atoms with Crippen LogP contribution in [-0.4, -0.2) is 65.7 Å². The van der Waals surface area contributed by atoms with Crippen LogP contribution in [0.4, 0.5) is 0 Å². The van der Waals surface area contributed by atoms with Crippen LogP contribution in [-0.2, 0) is 21.4 Å². The number of aromatic nitrogens is 2. The molecule has 0 bridgehead atoms. The molecule has 1 aromatic heterocycles. The summed E-state index contributed by atoms with van der Waals surface area (Å²) in [4.78, 5) is 31.5. The number of hydrogen-bond acceptors (Lipinski definition) is 5. The number of nitrogens with zero attached hydrogens (tertiary/aromatic N) is 4. The molecule has 2 aliphatic heterocycles. The van der Waals surface area contributed by atoms with Gasteiger partial charge in [-0.1, -0.05) is 19.1 Å². The molecule has 160 valence electrons. The number of sulfonamides is 1. The standard InChI is InChI=1S/C20H25N5O4S/c1-14-6-5-9-23(10-14)20(27)19-16-11-24(12-18(26)21-2)30(28,29)17-8-4-3-7-15(17)25(16)13-22-19/h3-4,7-8,13-14H,5-6,9-12H2,1-2H3,(H,21,26)/t14-/m0/s1. The number of carbonyl (C=O) groups is 2. The Morgan fingerprint density at radius 1 is 1.27 bits per heavy atom. The summed E-state index contributed by atoms with van der Waals surface area (Å²) >= 11 is 0. The fraction of sp³-hybridized carbons (Fsp3) is 0.450. The van der Waals surface area contributed by atoms with Crippen LogP contribution >= 0.6 is 0 Å². The monoisotopic (exact) mass is 431 g/mol. The predicted octanol–water partition coefficient (Wildman–Crippen LogP) is 0.995. The third-order valence-corrected chi connectivity index (χ3v) is 7.52. The number of imidazole rings is 1. The van der Waals surface area contributed by atoms with Crippen molar-refractivity contribution < 1.29 is 18.0 Å². The van der Waals surface area contributed by atoms with Gasteiger partial charge in [0.05, 0.1) is 24.5 Å². The number of carbonyl (C=O) groups excluding carboxylic acids is 2. The highest BCUT2D eigenvalue weighted by atomic mass is 32.2. The molecule has 1 fully saturated rings. The summed E-state index contributed by atoms with van der Waals surface area (Å²) in [6.07, 6.45) is 3.51. The van der Waals surface area contributed by atoms with Gasteiger partial charge in [0.2, 0.25) is 15.9 Å². The minimum absolute atomic E-state index is 0.0793. The molecule has 0 saturated carbocycles. The number of rotatable bonds is 3. The molecule has 0 spiro atoms. The SMILES string of the molecule is CNC(=O)CN1Cc2c(C(=O)N3CCC[C@H](C)C3)ncn2-c2ccccc2S1(=O)=O. The van der Waals surface area contributed by atoms with Crippen molar-refractivity contribution in [2.45, 2.75) is 31.2 Å². The van der Waals surface area contributed by atoms with Gasteiger partial charge in [-0.3, -0.25) is 14.2 Å². The van der Waals surface area contributed by atoms with Gasteiger partial charge in [-0.05, 0) is 30.9 Å². The lowest BCUT2D eigenvalue weighted by molar-refractivity contribution is -0.120. The topological polar surface area (TPSA) is 105 Å². The lowest BCUT2D eigenvalue weighted by atomic mass is 10.00. The molecule has 4 rings (SSSR count). The molecule has 2 aliphatic rings. The Morgan fingerprint density at radius 3 is 2.77 bits per heavy atom. The maximum atomic E-state index is 13.3. The third kappa shape index (κ3) is 3.50. The van der Waals surface area contributed by atoms with Gasteiger partial charge in [-0.25, -0.2) is 13.4 Å². The van der Waals surface area contributed by atoms with Crippen LogP contribution in [0.2, 0.25) is 0 Å². The van der Waals surface area contributed by atoms with E-state index in [1.54, 1.807) is 27.7 Å². The molecule has 30 heavy (non-hydrogen) atoms. The van der Waals surface area contributed by atoms with Crippen LogP contribution in [0.15, 0.2) is 35.5 Å². The molecule has 2 aromatic rings. The Morgan fingerprint density at radius 2 is 2.03 bits per heavy atom. The fourth-order valence-corrected chi connectivity index (χ4v) is 5.62. The van der Waals surface area contributed by atoms with Gasteiger partial charge in [-0.15, -0.1) is 0 Å². The van der Waals surface area contributed by atoms with Crippen molar-refractivity contribution in [2.24, 2.45) is 5.92 Å². The Bertz CT molecular complexity index is 1090. The van der Waals surface area contributed by atoms with E-state index < -0.39 is 15.9 Å². The number of benzene rings is 1. The molecule has 2 amide bonds. The molecule has 0 aliphatic carbocycles. The first-order chi connectivity index (χ1) is 14.3. The number of para-hydroxylation sites is 1. The summed E-state index contributed by atoms with van der Waals surface area (Å²) in [7, 11) is -2.48. The predicted molar refractivity (Wildman–Crippen MR) is 110 cm³/mol. The molecule has 1 N–H and O–H groups in total. The average Bonchev–Trinajstić information content (AvgIpc) is 3.12. The van der Waals surface area contributed by atoms with E-state index in [2.05, 4.69) is 17.2 Å². The quantitative estimate of drug-likeness (QED) is 0.781. The van der Waals surface area contributed by atoms with Gasteiger partial charge < -0.3 is 10.2 Å². The van der Waals surface area contributed by atoms with Gasteiger partial charge in [0.1, 0.15) is 11.2 Å². The van der Waals surface area contributed by atoms with Gasteiger partial charge in [0, 0.05) is 20.1 Å². The normalized spacial score (nSPS) is 20.7. The van der Waals surface area contributed by atoms with E-state index >= 15 is 0 Å². The molecule has 1 aromatic carbocycles. The van der Waals surface area contributed by atoms with Gasteiger partial charge in [0.25, 0.3) is 5.91 Å². The van der Waals surface area contributed by atoms with Gasteiger partial charge >= 0.3 is 0 Å². The second-order valence-corrected chi connectivity index (χ2v) is 9.73. The highest BCUT2D eigenvalue weighted by Gasteiger charge is 2.36. The molecule has 1 saturated heterocycles. The highest BCUT2D eigenvalue weighted by Crippen LogP contribution is 2.31. The lowest BCUT2D eigenvalue weighted by Gasteiger charge is -2.30. The third-order valence-electron chi connectivity index (χ3n) is 5.68. The smallest absolute Gasteiger partial charge is 0.274 e. The summed E-state index contributed by atoms with van der Waals surface area (Å²) < 4.78 is 29.3. The molecule has 0 unspecified atom stereocenters. The molecule has 10 heteroatoms. The summed E-state index contributed by atoms with van der Waals surface area (Å²) in [6, 6.07) is 6.56. The van der Waals surface area contributed by atoms with Crippen LogP contribution in [0.3, 0.4) is 0 Å². The Balaban J connectivity index is 1.81. The second-order valence-electron chi connectivity index (χ2n) is 7.82. The summed E-state index contributed by atoms with van der Waals surface area (Å²) in [5.74, 6) is -0.219. The number of piperidine rings is 1. The number of hydrogen-bond donors (Lipinski definition) is 1. The van der Waals surface area contributed by atoms with E-state index in [-0.39, 0.29) is 29.6 Å². The molecular weight excluding hydrogens is 406 g/mol. The minimum atomic E-state index is -3.94. The van der Waals surface area contributed by atoms with E-state index in [1.807, 2.05) is 0 Å². The van der Waals surface area contributed by atoms with Crippen LogP contribution in [0, 0.1) is 5.92 Å².